The summed E-state index contributed by atoms with van der Waals surface area (Å²) in [6.45, 7) is 2.28. The number of carbonyl (C=O) groups is 7. The lowest BCUT2D eigenvalue weighted by Crippen LogP contribution is -2.48. The highest BCUT2D eigenvalue weighted by atomic mass is 16.6. The Bertz CT molecular complexity index is 1750. The summed E-state index contributed by atoms with van der Waals surface area (Å²) >= 11 is 0. The van der Waals surface area contributed by atoms with E-state index in [-0.39, 0.29) is 45.4 Å². The summed E-state index contributed by atoms with van der Waals surface area (Å²) in [4.78, 5) is 87.2. The Kier molecular flexibility index (Phi) is 12.2. The quantitative estimate of drug-likeness (QED) is 0.152. The maximum atomic E-state index is 13.5. The lowest BCUT2D eigenvalue weighted by atomic mass is 10.1. The van der Waals surface area contributed by atoms with Gasteiger partial charge in [0.25, 0.3) is 5.91 Å². The van der Waals surface area contributed by atoms with Gasteiger partial charge in [0, 0.05) is 19.5 Å². The second-order valence-corrected chi connectivity index (χ2v) is 9.47. The maximum absolute atomic E-state index is 13.5. The lowest BCUT2D eigenvalue weighted by molar-refractivity contribution is -0.157. The Balaban J connectivity index is 2.00. The molecule has 0 spiro atoms. The zero-order valence-corrected chi connectivity index (χ0v) is 26.1. The molecule has 3 aromatic carbocycles. The molecule has 2 N–H and O–H groups in total. The minimum atomic E-state index is -2.44. The third-order valence-corrected chi connectivity index (χ3v) is 6.10. The molecular weight excluding hydrogens is 638 g/mol. The molecule has 0 radical (unpaired) electrons. The molecule has 16 heteroatoms. The SMILES string of the molecule is COC(=O)c1cccc(NC(=O)[C@@H](OC(=O)c2ccc(OC(C)=O)c(OC)c2)[C@H](OC(=O)c2ccc(OC(C)=O)c(OC)c2)C(=O)O)c1. The Morgan fingerprint density at radius 2 is 1.08 bits per heavy atom. The average Bonchev–Trinajstić information content (AvgIpc) is 3.05. The zero-order chi connectivity index (χ0) is 35.5. The number of benzene rings is 3. The van der Waals surface area contributed by atoms with E-state index in [1.807, 2.05) is 0 Å². The van der Waals surface area contributed by atoms with E-state index in [1.165, 1.54) is 50.6 Å². The van der Waals surface area contributed by atoms with E-state index < -0.39 is 53.9 Å². The Labute approximate surface area is 272 Å². The molecule has 3 rings (SSSR count). The van der Waals surface area contributed by atoms with Gasteiger partial charge in [-0.3, -0.25) is 14.4 Å². The smallest absolute Gasteiger partial charge is 0.349 e. The minimum absolute atomic E-state index is 0.0242. The molecule has 0 aliphatic heterocycles. The van der Waals surface area contributed by atoms with Gasteiger partial charge in [-0.1, -0.05) is 6.07 Å². The van der Waals surface area contributed by atoms with Gasteiger partial charge >= 0.3 is 35.8 Å². The van der Waals surface area contributed by atoms with Gasteiger partial charge < -0.3 is 43.6 Å². The first-order chi connectivity index (χ1) is 22.8. The van der Waals surface area contributed by atoms with Gasteiger partial charge in [0.2, 0.25) is 12.2 Å². The first kappa shape index (κ1) is 36.0. The van der Waals surface area contributed by atoms with E-state index in [0.29, 0.717) is 0 Å². The molecule has 252 valence electrons. The van der Waals surface area contributed by atoms with Crippen LogP contribution in [-0.4, -0.2) is 80.4 Å². The number of carboxylic acid groups (broad SMARTS) is 1. The highest BCUT2D eigenvalue weighted by Gasteiger charge is 2.41. The van der Waals surface area contributed by atoms with Crippen molar-refractivity contribution in [1.29, 1.82) is 0 Å². The first-order valence-electron chi connectivity index (χ1n) is 13.6. The monoisotopic (exact) mass is 667 g/mol. The highest BCUT2D eigenvalue weighted by Crippen LogP contribution is 2.30. The topological polar surface area (TPSA) is 216 Å². The van der Waals surface area contributed by atoms with Crippen LogP contribution < -0.4 is 24.3 Å². The second-order valence-electron chi connectivity index (χ2n) is 9.47. The third kappa shape index (κ3) is 9.29. The number of aliphatic carboxylic acids is 1. The number of anilines is 1. The van der Waals surface area contributed by atoms with E-state index >= 15 is 0 Å². The fraction of sp³-hybridized carbons (Fsp3) is 0.219. The Morgan fingerprint density at radius 3 is 1.52 bits per heavy atom. The first-order valence-corrected chi connectivity index (χ1v) is 13.6. The number of nitrogens with one attached hydrogen (secondary N) is 1. The average molecular weight is 668 g/mol. The van der Waals surface area contributed by atoms with Crippen molar-refractivity contribution >= 4 is 47.4 Å². The fourth-order valence-electron chi connectivity index (χ4n) is 3.98. The number of carboxylic acids is 1. The molecule has 48 heavy (non-hydrogen) atoms. The third-order valence-electron chi connectivity index (χ3n) is 6.10. The van der Waals surface area contributed by atoms with Crippen molar-refractivity contribution in [2.45, 2.75) is 26.1 Å². The molecule has 0 saturated carbocycles. The molecule has 0 unspecified atom stereocenters. The van der Waals surface area contributed by atoms with Crippen molar-refractivity contribution < 1.29 is 71.8 Å². The van der Waals surface area contributed by atoms with Gasteiger partial charge in [0.15, 0.2) is 23.0 Å². The maximum Gasteiger partial charge on any atom is 0.349 e. The highest BCUT2D eigenvalue weighted by molar-refractivity contribution is 6.02. The second kappa shape index (κ2) is 16.2. The van der Waals surface area contributed by atoms with Gasteiger partial charge in [-0.05, 0) is 54.6 Å². The minimum Gasteiger partial charge on any atom is -0.493 e. The van der Waals surface area contributed by atoms with E-state index in [1.54, 1.807) is 0 Å². The van der Waals surface area contributed by atoms with Crippen molar-refractivity contribution in [2.24, 2.45) is 0 Å². The lowest BCUT2D eigenvalue weighted by Gasteiger charge is -2.24. The standard InChI is InChI=1S/C32H29NO15/c1-16(34)45-22-11-9-19(14-24(22)42-3)31(40)47-26(28(36)33-21-8-6-7-18(13-21)30(39)44-5)27(29(37)38)48-32(41)20-10-12-23(46-17(2)35)25(15-20)43-4/h6-15,26-27H,1-5H3,(H,33,36)(H,37,38)/t26-,27-/m0/s1. The Morgan fingerprint density at radius 1 is 0.604 bits per heavy atom. The van der Waals surface area contributed by atoms with E-state index in [2.05, 4.69) is 10.1 Å². The van der Waals surface area contributed by atoms with E-state index in [9.17, 15) is 38.7 Å². The molecule has 2 atom stereocenters. The number of hydrogen-bond donors (Lipinski definition) is 2. The van der Waals surface area contributed by atoms with E-state index in [0.717, 1.165) is 45.2 Å². The molecular formula is C32H29NO15. The van der Waals surface area contributed by atoms with Crippen LogP contribution >= 0.6 is 0 Å². The van der Waals surface area contributed by atoms with Gasteiger partial charge in [-0.2, -0.15) is 0 Å². The Hall–Kier alpha value is -6.45. The summed E-state index contributed by atoms with van der Waals surface area (Å²) in [7, 11) is 3.59. The molecule has 3 aromatic rings. The van der Waals surface area contributed by atoms with E-state index in [4.69, 9.17) is 28.4 Å². The number of rotatable bonds is 13. The molecule has 1 amide bonds. The molecule has 0 aliphatic rings. The van der Waals surface area contributed by atoms with Crippen LogP contribution in [0.2, 0.25) is 0 Å². The van der Waals surface area contributed by atoms with Crippen molar-refractivity contribution in [2.75, 3.05) is 26.6 Å². The number of esters is 5. The number of hydrogen-bond acceptors (Lipinski definition) is 14. The van der Waals surface area contributed by atoms with Crippen LogP contribution in [0.25, 0.3) is 0 Å². The summed E-state index contributed by atoms with van der Waals surface area (Å²) in [5.74, 6) is -8.06. The fourth-order valence-corrected chi connectivity index (χ4v) is 3.98. The summed E-state index contributed by atoms with van der Waals surface area (Å²) in [6, 6.07) is 12.2. The molecule has 0 heterocycles. The zero-order valence-electron chi connectivity index (χ0n) is 26.1. The molecule has 0 aromatic heterocycles. The van der Waals surface area contributed by atoms with Crippen LogP contribution in [0.4, 0.5) is 5.69 Å². The van der Waals surface area contributed by atoms with Crippen LogP contribution in [0.15, 0.2) is 60.7 Å². The summed E-state index contributed by atoms with van der Waals surface area (Å²) in [6.07, 6.45) is -4.77. The number of carbonyl (C=O) groups excluding carboxylic acids is 6. The molecule has 0 bridgehead atoms. The van der Waals surface area contributed by atoms with Crippen molar-refractivity contribution in [3.05, 3.63) is 77.4 Å². The van der Waals surface area contributed by atoms with Crippen molar-refractivity contribution in [3.63, 3.8) is 0 Å². The predicted molar refractivity (Wildman–Crippen MR) is 161 cm³/mol. The molecule has 0 saturated heterocycles. The summed E-state index contributed by atoms with van der Waals surface area (Å²) < 4.78 is 35.4. The van der Waals surface area contributed by atoms with Crippen molar-refractivity contribution in [3.8, 4) is 23.0 Å². The number of methoxy groups -OCH3 is 3. The predicted octanol–water partition coefficient (Wildman–Crippen LogP) is 2.82. The summed E-state index contributed by atoms with van der Waals surface area (Å²) in [5.41, 5.74) is -0.556. The van der Waals surface area contributed by atoms with Gasteiger partial charge in [0.05, 0.1) is 38.0 Å². The molecule has 0 aliphatic carbocycles. The van der Waals surface area contributed by atoms with Gasteiger partial charge in [-0.15, -0.1) is 0 Å². The largest absolute Gasteiger partial charge is 0.493 e. The number of amides is 1. The number of ether oxygens (including phenoxy) is 7. The normalized spacial score (nSPS) is 11.5. The van der Waals surface area contributed by atoms with Crippen LogP contribution in [0.5, 0.6) is 23.0 Å². The van der Waals surface area contributed by atoms with Crippen LogP contribution in [-0.2, 0) is 33.4 Å². The summed E-state index contributed by atoms with van der Waals surface area (Å²) in [5, 5.41) is 12.4. The van der Waals surface area contributed by atoms with Gasteiger partial charge in [-0.25, -0.2) is 19.2 Å². The molecule has 0 fully saturated rings. The van der Waals surface area contributed by atoms with Gasteiger partial charge in [0.1, 0.15) is 0 Å². The van der Waals surface area contributed by atoms with Crippen LogP contribution in [0.3, 0.4) is 0 Å². The van der Waals surface area contributed by atoms with Crippen LogP contribution in [0.1, 0.15) is 44.9 Å². The molecule has 16 nitrogen and oxygen atoms in total. The van der Waals surface area contributed by atoms with Crippen LogP contribution in [0, 0.1) is 0 Å². The van der Waals surface area contributed by atoms with Crippen molar-refractivity contribution in [1.82, 2.24) is 0 Å².